The Hall–Kier alpha value is -4.09. The van der Waals surface area contributed by atoms with Crippen LogP contribution in [-0.2, 0) is 28.7 Å². The first-order valence-corrected chi connectivity index (χ1v) is 13.6. The van der Waals surface area contributed by atoms with Crippen LogP contribution in [0.4, 0.5) is 0 Å². The van der Waals surface area contributed by atoms with E-state index < -0.39 is 47.5 Å². The SMILES string of the molecule is C=C1NC(=O)[C@H]([C@H](C)OC)OC(=O)C(C)(C)/C=C/c2ccc3ccc(nc3c2)[C@@H](C)NC(=O)[C@@H]2CCCN(N2)C1=O. The first kappa shape index (κ1) is 29.9. The molecule has 4 rings (SSSR count). The molecule has 1 aromatic heterocycles. The van der Waals surface area contributed by atoms with Crippen molar-refractivity contribution in [2.24, 2.45) is 5.41 Å². The van der Waals surface area contributed by atoms with Gasteiger partial charge in [0.05, 0.1) is 22.7 Å². The number of ether oxygens (including phenoxy) is 2. The lowest BCUT2D eigenvalue weighted by molar-refractivity contribution is -0.169. The average Bonchev–Trinajstić information content (AvgIpc) is 2.96. The molecule has 1 fully saturated rings. The molecule has 0 saturated carbocycles. The smallest absolute Gasteiger partial charge is 0.316 e. The van der Waals surface area contributed by atoms with Gasteiger partial charge in [-0.15, -0.1) is 0 Å². The second kappa shape index (κ2) is 12.2. The van der Waals surface area contributed by atoms with Gasteiger partial charge in [0, 0.05) is 19.0 Å². The lowest BCUT2D eigenvalue weighted by atomic mass is 9.92. The van der Waals surface area contributed by atoms with Crippen molar-refractivity contribution in [2.45, 2.75) is 64.8 Å². The number of aromatic nitrogens is 1. The number of pyridine rings is 1. The Morgan fingerprint density at radius 1 is 1.15 bits per heavy atom. The zero-order chi connectivity index (χ0) is 29.9. The summed E-state index contributed by atoms with van der Waals surface area (Å²) in [4.78, 5) is 57.4. The van der Waals surface area contributed by atoms with Crippen LogP contribution in [0.3, 0.4) is 0 Å². The Morgan fingerprint density at radius 3 is 2.61 bits per heavy atom. The van der Waals surface area contributed by atoms with Crippen LogP contribution in [0.5, 0.6) is 0 Å². The first-order valence-electron chi connectivity index (χ1n) is 13.6. The largest absolute Gasteiger partial charge is 0.449 e. The molecule has 1 saturated heterocycles. The summed E-state index contributed by atoms with van der Waals surface area (Å²) >= 11 is 0. The Bertz CT molecular complexity index is 1400. The predicted molar refractivity (Wildman–Crippen MR) is 153 cm³/mol. The van der Waals surface area contributed by atoms with Crippen molar-refractivity contribution < 1.29 is 28.7 Å². The highest BCUT2D eigenvalue weighted by Gasteiger charge is 2.36. The number of hydrazine groups is 1. The van der Waals surface area contributed by atoms with Crippen LogP contribution < -0.4 is 16.1 Å². The van der Waals surface area contributed by atoms with Crippen LogP contribution in [0, 0.1) is 5.41 Å². The highest BCUT2D eigenvalue weighted by Crippen LogP contribution is 2.25. The van der Waals surface area contributed by atoms with Crippen LogP contribution in [-0.4, -0.2) is 65.6 Å². The summed E-state index contributed by atoms with van der Waals surface area (Å²) in [5.41, 5.74) is 3.83. The van der Waals surface area contributed by atoms with Gasteiger partial charge in [0.1, 0.15) is 17.8 Å². The van der Waals surface area contributed by atoms with E-state index in [-0.39, 0.29) is 11.6 Å². The van der Waals surface area contributed by atoms with E-state index in [4.69, 9.17) is 14.5 Å². The van der Waals surface area contributed by atoms with Crippen molar-refractivity contribution in [1.82, 2.24) is 26.1 Å². The average molecular weight is 564 g/mol. The monoisotopic (exact) mass is 563 g/mol. The van der Waals surface area contributed by atoms with Crippen LogP contribution >= 0.6 is 0 Å². The lowest BCUT2D eigenvalue weighted by Gasteiger charge is -2.34. The van der Waals surface area contributed by atoms with Crippen molar-refractivity contribution in [3.05, 3.63) is 59.9 Å². The number of amides is 3. The molecule has 5 bridgehead atoms. The molecule has 0 aliphatic carbocycles. The summed E-state index contributed by atoms with van der Waals surface area (Å²) in [5, 5.41) is 7.62. The lowest BCUT2D eigenvalue weighted by Crippen LogP contribution is -2.59. The van der Waals surface area contributed by atoms with Crippen molar-refractivity contribution in [1.29, 1.82) is 0 Å². The van der Waals surface area contributed by atoms with Crippen LogP contribution in [0.25, 0.3) is 17.0 Å². The molecule has 11 nitrogen and oxygen atoms in total. The van der Waals surface area contributed by atoms with E-state index in [9.17, 15) is 19.2 Å². The Kier molecular flexibility index (Phi) is 8.89. The van der Waals surface area contributed by atoms with Crippen LogP contribution in [0.2, 0.25) is 0 Å². The number of nitrogens with one attached hydrogen (secondary N) is 3. The van der Waals surface area contributed by atoms with Crippen molar-refractivity contribution in [3.63, 3.8) is 0 Å². The van der Waals surface area contributed by atoms with Crippen molar-refractivity contribution >= 4 is 40.7 Å². The molecule has 0 radical (unpaired) electrons. The van der Waals surface area contributed by atoms with Gasteiger partial charge in [0.25, 0.3) is 11.8 Å². The molecule has 3 amide bonds. The zero-order valence-electron chi connectivity index (χ0n) is 24.0. The predicted octanol–water partition coefficient (Wildman–Crippen LogP) is 2.54. The number of carbonyl (C=O) groups is 4. The van der Waals surface area contributed by atoms with Gasteiger partial charge in [-0.05, 0) is 58.2 Å². The maximum atomic E-state index is 13.2. The molecule has 218 valence electrons. The van der Waals surface area contributed by atoms with Gasteiger partial charge in [-0.25, -0.2) is 5.43 Å². The number of rotatable bonds is 2. The molecular weight excluding hydrogens is 526 g/mol. The minimum atomic E-state index is -1.35. The Labute approximate surface area is 239 Å². The van der Waals surface area contributed by atoms with Crippen LogP contribution in [0.1, 0.15) is 57.8 Å². The maximum absolute atomic E-state index is 13.2. The number of fused-ring (bicyclic) bond motifs is 4. The Balaban J connectivity index is 1.72. The molecule has 3 heterocycles. The number of benzene rings is 1. The number of hydrogen-bond donors (Lipinski definition) is 3. The molecule has 2 aliphatic heterocycles. The third-order valence-electron chi connectivity index (χ3n) is 7.33. The highest BCUT2D eigenvalue weighted by atomic mass is 16.6. The van der Waals surface area contributed by atoms with Gasteiger partial charge >= 0.3 is 5.97 Å². The maximum Gasteiger partial charge on any atom is 0.316 e. The van der Waals surface area contributed by atoms with E-state index in [1.165, 1.54) is 12.1 Å². The van der Waals surface area contributed by atoms with Gasteiger partial charge in [0.2, 0.25) is 12.0 Å². The highest BCUT2D eigenvalue weighted by molar-refractivity contribution is 5.98. The minimum absolute atomic E-state index is 0.233. The standard InChI is InChI=1S/C30H37N5O6/c1-17-22-12-11-21-10-9-20(16-24(21)33-22)13-14-30(4,5)29(39)41-25(19(3)40-6)27(37)32-18(2)28(38)35-15-7-8-23(34-35)26(36)31-17/h9-14,16-17,19,23,25,34H,2,7-8,15H2,1,3-6H3,(H,31,36)(H,32,37)/b14-13+/t17-,19+,23+,25+/m1/s1. The van der Waals surface area contributed by atoms with Crippen LogP contribution in [0.15, 0.2) is 48.7 Å². The number of hydrogen-bond acceptors (Lipinski definition) is 8. The molecule has 0 unspecified atom stereocenters. The van der Waals surface area contributed by atoms with Gasteiger partial charge in [-0.1, -0.05) is 36.9 Å². The topological polar surface area (TPSA) is 139 Å². The Morgan fingerprint density at radius 2 is 1.88 bits per heavy atom. The third kappa shape index (κ3) is 6.80. The fourth-order valence-corrected chi connectivity index (χ4v) is 4.57. The number of carbonyl (C=O) groups excluding carboxylic acids is 4. The van der Waals surface area contributed by atoms with E-state index in [1.54, 1.807) is 32.9 Å². The van der Waals surface area contributed by atoms with Gasteiger partial charge in [-0.3, -0.25) is 29.2 Å². The second-order valence-electron chi connectivity index (χ2n) is 11.0. The number of cyclic esters (lactones) is 1. The normalized spacial score (nSPS) is 25.7. The molecule has 4 atom stereocenters. The summed E-state index contributed by atoms with van der Waals surface area (Å²) in [7, 11) is 1.39. The molecule has 1 aromatic carbocycles. The molecule has 11 heteroatoms. The molecule has 2 aliphatic rings. The van der Waals surface area contributed by atoms with Crippen molar-refractivity contribution in [2.75, 3.05) is 13.7 Å². The summed E-state index contributed by atoms with van der Waals surface area (Å²) in [5.74, 6) is -2.30. The molecule has 2 aromatic rings. The van der Waals surface area contributed by atoms with E-state index >= 15 is 0 Å². The second-order valence-corrected chi connectivity index (χ2v) is 11.0. The fraction of sp³-hybridized carbons (Fsp3) is 0.433. The minimum Gasteiger partial charge on any atom is -0.449 e. The molecular formula is C30H37N5O6. The molecule has 0 spiro atoms. The van der Waals surface area contributed by atoms with E-state index in [0.717, 1.165) is 16.5 Å². The summed E-state index contributed by atoms with van der Waals surface area (Å²) in [6.07, 6.45) is 2.40. The summed E-state index contributed by atoms with van der Waals surface area (Å²) < 4.78 is 10.9. The summed E-state index contributed by atoms with van der Waals surface area (Å²) in [6.45, 7) is 10.8. The zero-order valence-corrected chi connectivity index (χ0v) is 24.0. The number of esters is 1. The van der Waals surface area contributed by atoms with E-state index in [2.05, 4.69) is 22.6 Å². The number of nitrogens with zero attached hydrogens (tertiary/aromatic N) is 2. The van der Waals surface area contributed by atoms with E-state index in [0.29, 0.717) is 25.1 Å². The van der Waals surface area contributed by atoms with Gasteiger partial charge in [0.15, 0.2) is 0 Å². The molecule has 41 heavy (non-hydrogen) atoms. The fourth-order valence-electron chi connectivity index (χ4n) is 4.57. The van der Waals surface area contributed by atoms with Gasteiger partial charge in [-0.2, -0.15) is 0 Å². The van der Waals surface area contributed by atoms with E-state index in [1.807, 2.05) is 37.3 Å². The first-order chi connectivity index (χ1) is 19.4. The summed E-state index contributed by atoms with van der Waals surface area (Å²) in [6, 6.07) is 8.48. The molecule has 3 N–H and O–H groups in total. The van der Waals surface area contributed by atoms with Crippen molar-refractivity contribution in [3.8, 4) is 0 Å². The third-order valence-corrected chi connectivity index (χ3v) is 7.33. The quantitative estimate of drug-likeness (QED) is 0.374. The number of methoxy groups -OCH3 is 1. The van der Waals surface area contributed by atoms with Gasteiger partial charge < -0.3 is 20.1 Å².